The van der Waals surface area contributed by atoms with Crippen LogP contribution in [0.5, 0.6) is 11.5 Å². The number of carbonyl (C=O) groups excluding carboxylic acids is 2. The molecule has 1 heterocycles. The van der Waals surface area contributed by atoms with Crippen LogP contribution in [0.1, 0.15) is 20.3 Å². The second-order valence-electron chi connectivity index (χ2n) is 7.11. The Morgan fingerprint density at radius 1 is 1.06 bits per heavy atom. The molecule has 10 nitrogen and oxygen atoms in total. The molecule has 0 spiro atoms. The molecule has 0 saturated carbocycles. The van der Waals surface area contributed by atoms with Crippen molar-refractivity contribution >= 4 is 35.0 Å². The van der Waals surface area contributed by atoms with E-state index >= 15 is 0 Å². The van der Waals surface area contributed by atoms with Crippen LogP contribution < -0.4 is 25.7 Å². The molecule has 1 aromatic heterocycles. The molecule has 1 atom stereocenters. The summed E-state index contributed by atoms with van der Waals surface area (Å²) in [6.45, 7) is 3.42. The summed E-state index contributed by atoms with van der Waals surface area (Å²) in [5.74, 6) is 0.587. The van der Waals surface area contributed by atoms with Gasteiger partial charge in [0.15, 0.2) is 10.9 Å². The molecule has 0 radical (unpaired) electrons. The van der Waals surface area contributed by atoms with Crippen LogP contribution in [0, 0.1) is 0 Å². The monoisotopic (exact) mass is 483 g/mol. The Kier molecular flexibility index (Phi) is 8.25. The van der Waals surface area contributed by atoms with Gasteiger partial charge in [-0.05, 0) is 13.0 Å². The smallest absolute Gasteiger partial charge is 0.278 e. The quantitative estimate of drug-likeness (QED) is 0.395. The summed E-state index contributed by atoms with van der Waals surface area (Å²) in [4.78, 5) is 39.8. The number of H-pyrrole nitrogens is 1. The fourth-order valence-electron chi connectivity index (χ4n) is 2.93. The molecule has 0 aliphatic heterocycles. The van der Waals surface area contributed by atoms with Gasteiger partial charge in [0.25, 0.3) is 5.56 Å². The van der Waals surface area contributed by atoms with Crippen LogP contribution in [0.25, 0.3) is 11.3 Å². The first kappa shape index (κ1) is 24.8. The van der Waals surface area contributed by atoms with Crippen LogP contribution in [0.4, 0.5) is 11.4 Å². The Bertz CT molecular complexity index is 1220. The zero-order valence-electron chi connectivity index (χ0n) is 19.2. The van der Waals surface area contributed by atoms with E-state index in [1.165, 1.54) is 14.2 Å². The number of nitrogens with one attached hydrogen (secondary N) is 3. The van der Waals surface area contributed by atoms with Crippen molar-refractivity contribution in [2.45, 2.75) is 30.7 Å². The fourth-order valence-corrected chi connectivity index (χ4v) is 3.67. The molecular formula is C23H25N5O5S. The lowest BCUT2D eigenvalue weighted by molar-refractivity contribution is -0.116. The third-order valence-electron chi connectivity index (χ3n) is 4.73. The Labute approximate surface area is 200 Å². The third-order valence-corrected chi connectivity index (χ3v) is 5.70. The van der Waals surface area contributed by atoms with E-state index in [1.807, 2.05) is 0 Å². The Balaban J connectivity index is 1.74. The fraction of sp³-hybridized carbons (Fsp3) is 0.261. The normalized spacial score (nSPS) is 11.4. The summed E-state index contributed by atoms with van der Waals surface area (Å²) >= 11 is 1.05. The average molecular weight is 484 g/mol. The number of hydrogen-bond acceptors (Lipinski definition) is 8. The Morgan fingerprint density at radius 2 is 1.74 bits per heavy atom. The molecule has 3 N–H and O–H groups in total. The summed E-state index contributed by atoms with van der Waals surface area (Å²) in [6, 6.07) is 11.9. The zero-order chi connectivity index (χ0) is 24.7. The topological polar surface area (TPSA) is 135 Å². The molecule has 2 aromatic carbocycles. The Hall–Kier alpha value is -3.86. The number of aromatic amines is 1. The van der Waals surface area contributed by atoms with Crippen molar-refractivity contribution < 1.29 is 19.1 Å². The molecule has 0 unspecified atom stereocenters. The van der Waals surface area contributed by atoms with E-state index in [9.17, 15) is 14.4 Å². The number of amides is 2. The maximum Gasteiger partial charge on any atom is 0.278 e. The molecular weight excluding hydrogens is 458 g/mol. The van der Waals surface area contributed by atoms with Crippen molar-refractivity contribution in [3.05, 3.63) is 52.8 Å². The maximum atomic E-state index is 12.7. The lowest BCUT2D eigenvalue weighted by Crippen LogP contribution is -2.24. The SMILES string of the molecule is CCC(=O)Nc1ccccc1-c1nnc(S[C@@H](C)C(=O)Nc2cc(OC)cc(OC)c2)[nH]c1=O. The summed E-state index contributed by atoms with van der Waals surface area (Å²) in [6.07, 6.45) is 0.300. The van der Waals surface area contributed by atoms with Gasteiger partial charge in [0, 0.05) is 35.9 Å². The standard InChI is InChI=1S/C23H25N5O5S/c1-5-19(29)25-18-9-7-6-8-17(18)20-22(31)26-23(28-27-20)34-13(2)21(30)24-14-10-15(32-3)12-16(11-14)33-4/h6-13H,5H2,1-4H3,(H,24,30)(H,25,29)(H,26,28,31)/t13-/m0/s1. The number of aromatic nitrogens is 3. The molecule has 0 bridgehead atoms. The van der Waals surface area contributed by atoms with Gasteiger partial charge in [-0.25, -0.2) is 0 Å². The van der Waals surface area contributed by atoms with Gasteiger partial charge >= 0.3 is 0 Å². The number of methoxy groups -OCH3 is 2. The van der Waals surface area contributed by atoms with Crippen molar-refractivity contribution in [1.82, 2.24) is 15.2 Å². The number of para-hydroxylation sites is 1. The van der Waals surface area contributed by atoms with Gasteiger partial charge in [-0.15, -0.1) is 10.2 Å². The van der Waals surface area contributed by atoms with Crippen LogP contribution in [0.3, 0.4) is 0 Å². The van der Waals surface area contributed by atoms with E-state index in [4.69, 9.17) is 9.47 Å². The van der Waals surface area contributed by atoms with Gasteiger partial charge in [0.05, 0.1) is 25.2 Å². The van der Waals surface area contributed by atoms with Gasteiger partial charge in [-0.3, -0.25) is 19.4 Å². The second kappa shape index (κ2) is 11.3. The molecule has 2 amide bonds. The number of ether oxygens (including phenoxy) is 2. The van der Waals surface area contributed by atoms with Crippen molar-refractivity contribution in [3.63, 3.8) is 0 Å². The molecule has 0 aliphatic rings. The van der Waals surface area contributed by atoms with E-state index in [-0.39, 0.29) is 22.7 Å². The lowest BCUT2D eigenvalue weighted by Gasteiger charge is -2.13. The van der Waals surface area contributed by atoms with Gasteiger partial charge in [0.1, 0.15) is 11.5 Å². The largest absolute Gasteiger partial charge is 0.497 e. The molecule has 0 fully saturated rings. The summed E-state index contributed by atoms with van der Waals surface area (Å²) in [7, 11) is 3.04. The number of carbonyl (C=O) groups is 2. The van der Waals surface area contributed by atoms with E-state index in [2.05, 4.69) is 25.8 Å². The first-order valence-corrected chi connectivity index (χ1v) is 11.3. The zero-order valence-corrected chi connectivity index (χ0v) is 20.0. The molecule has 3 rings (SSSR count). The van der Waals surface area contributed by atoms with E-state index in [0.29, 0.717) is 34.9 Å². The summed E-state index contributed by atoms with van der Waals surface area (Å²) < 4.78 is 10.4. The first-order chi connectivity index (χ1) is 16.3. The molecule has 11 heteroatoms. The minimum Gasteiger partial charge on any atom is -0.497 e. The van der Waals surface area contributed by atoms with Crippen LogP contribution in [-0.2, 0) is 9.59 Å². The highest BCUT2D eigenvalue weighted by Gasteiger charge is 2.19. The second-order valence-corrected chi connectivity index (χ2v) is 8.44. The van der Waals surface area contributed by atoms with Crippen molar-refractivity contribution in [2.75, 3.05) is 24.9 Å². The van der Waals surface area contributed by atoms with E-state index < -0.39 is 10.8 Å². The summed E-state index contributed by atoms with van der Waals surface area (Å²) in [5.41, 5.74) is 1.01. The molecule has 178 valence electrons. The van der Waals surface area contributed by atoms with Crippen LogP contribution in [0.2, 0.25) is 0 Å². The number of rotatable bonds is 9. The minimum absolute atomic E-state index is 0.0666. The third kappa shape index (κ3) is 6.13. The highest BCUT2D eigenvalue weighted by atomic mass is 32.2. The van der Waals surface area contributed by atoms with E-state index in [1.54, 1.807) is 56.3 Å². The first-order valence-electron chi connectivity index (χ1n) is 10.4. The number of hydrogen-bond donors (Lipinski definition) is 3. The lowest BCUT2D eigenvalue weighted by atomic mass is 10.1. The minimum atomic E-state index is -0.593. The number of benzene rings is 2. The highest BCUT2D eigenvalue weighted by Crippen LogP contribution is 2.28. The number of nitrogens with zero attached hydrogens (tertiary/aromatic N) is 2. The predicted octanol–water partition coefficient (Wildman–Crippen LogP) is 3.32. The average Bonchev–Trinajstić information content (AvgIpc) is 2.84. The highest BCUT2D eigenvalue weighted by molar-refractivity contribution is 8.00. The van der Waals surface area contributed by atoms with Crippen molar-refractivity contribution in [1.29, 1.82) is 0 Å². The predicted molar refractivity (Wildman–Crippen MR) is 131 cm³/mol. The van der Waals surface area contributed by atoms with Crippen LogP contribution >= 0.6 is 11.8 Å². The van der Waals surface area contributed by atoms with Gasteiger partial charge < -0.3 is 20.1 Å². The molecule has 0 saturated heterocycles. The van der Waals surface area contributed by atoms with Gasteiger partial charge in [-0.2, -0.15) is 0 Å². The van der Waals surface area contributed by atoms with Crippen LogP contribution in [-0.4, -0.2) is 46.5 Å². The van der Waals surface area contributed by atoms with Gasteiger partial charge in [0.2, 0.25) is 11.8 Å². The summed E-state index contributed by atoms with van der Waals surface area (Å²) in [5, 5.41) is 13.3. The molecule has 3 aromatic rings. The van der Waals surface area contributed by atoms with Crippen molar-refractivity contribution in [2.24, 2.45) is 0 Å². The number of thioether (sulfide) groups is 1. The van der Waals surface area contributed by atoms with Gasteiger partial charge in [-0.1, -0.05) is 36.9 Å². The van der Waals surface area contributed by atoms with Crippen molar-refractivity contribution in [3.8, 4) is 22.8 Å². The Morgan fingerprint density at radius 3 is 2.35 bits per heavy atom. The molecule has 0 aliphatic carbocycles. The van der Waals surface area contributed by atoms with Crippen LogP contribution in [0.15, 0.2) is 52.4 Å². The van der Waals surface area contributed by atoms with E-state index in [0.717, 1.165) is 11.8 Å². The maximum absolute atomic E-state index is 12.7. The molecule has 34 heavy (non-hydrogen) atoms. The number of anilines is 2.